The van der Waals surface area contributed by atoms with Crippen molar-refractivity contribution >= 4 is 23.6 Å². The molecular weight excluding hydrogens is 242 g/mol. The van der Waals surface area contributed by atoms with Gasteiger partial charge in [-0.2, -0.15) is 0 Å². The van der Waals surface area contributed by atoms with Crippen molar-refractivity contribution in [3.8, 4) is 0 Å². The van der Waals surface area contributed by atoms with Gasteiger partial charge in [0.05, 0.1) is 24.1 Å². The van der Waals surface area contributed by atoms with Crippen molar-refractivity contribution in [2.45, 2.75) is 12.8 Å². The van der Waals surface area contributed by atoms with E-state index in [0.717, 1.165) is 0 Å². The zero-order valence-electron chi connectivity index (χ0n) is 9.21. The summed E-state index contributed by atoms with van der Waals surface area (Å²) in [5.74, 6) is -3.65. The number of aromatic carboxylic acids is 1. The van der Waals surface area contributed by atoms with Crippen LogP contribution in [0.2, 0.25) is 0 Å². The van der Waals surface area contributed by atoms with Gasteiger partial charge >= 0.3 is 17.9 Å². The highest BCUT2D eigenvalue weighted by Gasteiger charge is 2.18. The summed E-state index contributed by atoms with van der Waals surface area (Å²) < 4.78 is 0. The van der Waals surface area contributed by atoms with E-state index in [2.05, 4.69) is 0 Å². The summed E-state index contributed by atoms with van der Waals surface area (Å²) in [6.45, 7) is 0. The van der Waals surface area contributed by atoms with E-state index in [1.54, 1.807) is 0 Å². The number of nitrogens with two attached hydrogens (primary N) is 1. The van der Waals surface area contributed by atoms with Gasteiger partial charge in [0.25, 0.3) is 0 Å². The van der Waals surface area contributed by atoms with Gasteiger partial charge in [-0.25, -0.2) is 4.79 Å². The Hall–Kier alpha value is -2.57. The summed E-state index contributed by atoms with van der Waals surface area (Å²) in [5, 5.41) is 26.3. The van der Waals surface area contributed by atoms with Crippen LogP contribution in [0.5, 0.6) is 0 Å². The highest BCUT2D eigenvalue weighted by atomic mass is 16.4. The quantitative estimate of drug-likeness (QED) is 0.550. The van der Waals surface area contributed by atoms with E-state index >= 15 is 0 Å². The van der Waals surface area contributed by atoms with Gasteiger partial charge in [-0.3, -0.25) is 9.59 Å². The molecule has 1 aromatic rings. The Morgan fingerprint density at radius 2 is 1.56 bits per heavy atom. The van der Waals surface area contributed by atoms with E-state index in [9.17, 15) is 14.4 Å². The summed E-state index contributed by atoms with van der Waals surface area (Å²) in [6, 6.07) is 2.44. The fourth-order valence-corrected chi connectivity index (χ4v) is 1.58. The van der Waals surface area contributed by atoms with Crippen LogP contribution >= 0.6 is 0 Å². The number of benzene rings is 1. The molecule has 0 spiro atoms. The molecular formula is C11H11NO6. The predicted molar refractivity (Wildman–Crippen MR) is 60.5 cm³/mol. The summed E-state index contributed by atoms with van der Waals surface area (Å²) in [6.07, 6.45) is -0.928. The summed E-state index contributed by atoms with van der Waals surface area (Å²) in [4.78, 5) is 32.2. The predicted octanol–water partition coefficient (Wildman–Crippen LogP) is 0.221. The Bertz CT molecular complexity index is 523. The number of anilines is 1. The van der Waals surface area contributed by atoms with Crippen LogP contribution in [0.1, 0.15) is 21.5 Å². The first kappa shape index (κ1) is 13.5. The summed E-state index contributed by atoms with van der Waals surface area (Å²) in [5.41, 5.74) is 5.36. The van der Waals surface area contributed by atoms with Crippen LogP contribution in [0, 0.1) is 0 Å². The van der Waals surface area contributed by atoms with Crippen molar-refractivity contribution in [2.75, 3.05) is 5.73 Å². The minimum Gasteiger partial charge on any atom is -0.481 e. The van der Waals surface area contributed by atoms with E-state index in [4.69, 9.17) is 21.1 Å². The van der Waals surface area contributed by atoms with Gasteiger partial charge < -0.3 is 21.1 Å². The van der Waals surface area contributed by atoms with E-state index in [-0.39, 0.29) is 22.4 Å². The first-order chi connectivity index (χ1) is 8.32. The Labute approximate surface area is 101 Å². The molecule has 1 aromatic carbocycles. The molecule has 0 atom stereocenters. The summed E-state index contributed by atoms with van der Waals surface area (Å²) in [7, 11) is 0. The Morgan fingerprint density at radius 3 is 2.00 bits per heavy atom. The van der Waals surface area contributed by atoms with Crippen LogP contribution in [-0.4, -0.2) is 33.2 Å². The lowest BCUT2D eigenvalue weighted by molar-refractivity contribution is -0.137. The van der Waals surface area contributed by atoms with Crippen molar-refractivity contribution < 1.29 is 29.7 Å². The molecule has 18 heavy (non-hydrogen) atoms. The van der Waals surface area contributed by atoms with Gasteiger partial charge in [-0.05, 0) is 17.2 Å². The Balaban J connectivity index is 3.35. The molecule has 0 fully saturated rings. The van der Waals surface area contributed by atoms with Gasteiger partial charge in [0.1, 0.15) is 0 Å². The number of hydrogen-bond donors (Lipinski definition) is 4. The van der Waals surface area contributed by atoms with Crippen LogP contribution in [-0.2, 0) is 22.4 Å². The monoisotopic (exact) mass is 253 g/mol. The van der Waals surface area contributed by atoms with Crippen LogP contribution in [0.3, 0.4) is 0 Å². The third-order valence-corrected chi connectivity index (χ3v) is 2.35. The van der Waals surface area contributed by atoms with Crippen LogP contribution in [0.25, 0.3) is 0 Å². The molecule has 0 aliphatic rings. The molecule has 7 heteroatoms. The number of carbonyl (C=O) groups is 3. The highest BCUT2D eigenvalue weighted by molar-refractivity contribution is 5.95. The van der Waals surface area contributed by atoms with Crippen molar-refractivity contribution in [1.82, 2.24) is 0 Å². The molecule has 0 bridgehead atoms. The number of rotatable bonds is 5. The molecule has 0 radical (unpaired) electrons. The zero-order valence-corrected chi connectivity index (χ0v) is 9.21. The topological polar surface area (TPSA) is 138 Å². The van der Waals surface area contributed by atoms with Crippen molar-refractivity contribution in [1.29, 1.82) is 0 Å². The lowest BCUT2D eigenvalue weighted by atomic mass is 9.96. The van der Waals surface area contributed by atoms with E-state index in [1.807, 2.05) is 0 Å². The number of nitrogen functional groups attached to an aromatic ring is 1. The average Bonchev–Trinajstić information content (AvgIpc) is 2.21. The van der Waals surface area contributed by atoms with Gasteiger partial charge in [0.15, 0.2) is 0 Å². The van der Waals surface area contributed by atoms with E-state index < -0.39 is 30.7 Å². The molecule has 0 aromatic heterocycles. The number of carboxylic acids is 3. The van der Waals surface area contributed by atoms with Crippen LogP contribution in [0.4, 0.5) is 5.69 Å². The standard InChI is InChI=1S/C11H11NO6/c12-10-6(11(17)18)2-1-5(3-8(13)14)7(10)4-9(15)16/h1-2H,3-4,12H2,(H,13,14)(H,15,16)(H,17,18). The van der Waals surface area contributed by atoms with Crippen LogP contribution in [0.15, 0.2) is 12.1 Å². The molecule has 7 nitrogen and oxygen atoms in total. The SMILES string of the molecule is Nc1c(C(=O)O)ccc(CC(=O)O)c1CC(=O)O. The molecule has 0 aliphatic heterocycles. The highest BCUT2D eigenvalue weighted by Crippen LogP contribution is 2.23. The first-order valence-electron chi connectivity index (χ1n) is 4.90. The van der Waals surface area contributed by atoms with Gasteiger partial charge in [0, 0.05) is 0 Å². The normalized spacial score (nSPS) is 10.0. The second-order valence-corrected chi connectivity index (χ2v) is 3.61. The lowest BCUT2D eigenvalue weighted by Crippen LogP contribution is -2.13. The lowest BCUT2D eigenvalue weighted by Gasteiger charge is -2.11. The van der Waals surface area contributed by atoms with Gasteiger partial charge in [-0.15, -0.1) is 0 Å². The van der Waals surface area contributed by atoms with Crippen molar-refractivity contribution in [3.05, 3.63) is 28.8 Å². The molecule has 0 aliphatic carbocycles. The van der Waals surface area contributed by atoms with E-state index in [1.165, 1.54) is 12.1 Å². The number of aliphatic carboxylic acids is 2. The van der Waals surface area contributed by atoms with Gasteiger partial charge in [-0.1, -0.05) is 6.07 Å². The molecule has 0 heterocycles. The Kier molecular flexibility index (Phi) is 3.88. The minimum atomic E-state index is -1.29. The smallest absolute Gasteiger partial charge is 0.337 e. The molecule has 96 valence electrons. The first-order valence-corrected chi connectivity index (χ1v) is 4.90. The second kappa shape index (κ2) is 5.17. The fraction of sp³-hybridized carbons (Fsp3) is 0.182. The van der Waals surface area contributed by atoms with Crippen molar-refractivity contribution in [3.63, 3.8) is 0 Å². The third-order valence-electron chi connectivity index (χ3n) is 2.35. The maximum Gasteiger partial charge on any atom is 0.337 e. The molecule has 0 saturated heterocycles. The molecule has 1 rings (SSSR count). The largest absolute Gasteiger partial charge is 0.481 e. The fourth-order valence-electron chi connectivity index (χ4n) is 1.58. The zero-order chi connectivity index (χ0) is 13.9. The van der Waals surface area contributed by atoms with E-state index in [0.29, 0.717) is 0 Å². The van der Waals surface area contributed by atoms with Crippen LogP contribution < -0.4 is 5.73 Å². The molecule has 5 N–H and O–H groups in total. The second-order valence-electron chi connectivity index (χ2n) is 3.61. The summed E-state index contributed by atoms with van der Waals surface area (Å²) >= 11 is 0. The van der Waals surface area contributed by atoms with Crippen molar-refractivity contribution in [2.24, 2.45) is 0 Å². The van der Waals surface area contributed by atoms with Gasteiger partial charge in [0.2, 0.25) is 0 Å². The maximum absolute atomic E-state index is 10.8. The Morgan fingerprint density at radius 1 is 1.00 bits per heavy atom. The third kappa shape index (κ3) is 2.97. The molecule has 0 saturated carbocycles. The number of carboxylic acid groups (broad SMARTS) is 3. The molecule has 0 amide bonds. The maximum atomic E-state index is 10.8. The number of hydrogen-bond acceptors (Lipinski definition) is 4. The molecule has 0 unspecified atom stereocenters. The average molecular weight is 253 g/mol. The minimum absolute atomic E-state index is 0.0322.